The zero-order valence-electron chi connectivity index (χ0n) is 34.4. The number of furan rings is 1. The van der Waals surface area contributed by atoms with Crippen LogP contribution >= 0.6 is 0 Å². The molecule has 0 aliphatic rings. The summed E-state index contributed by atoms with van der Waals surface area (Å²) in [5, 5.41) is 7.65. The summed E-state index contributed by atoms with van der Waals surface area (Å²) in [5.74, 6) is 0. The summed E-state index contributed by atoms with van der Waals surface area (Å²) in [4.78, 5) is 0. The molecule has 0 radical (unpaired) electrons. The van der Waals surface area contributed by atoms with E-state index in [1.165, 1.54) is 0 Å². The van der Waals surface area contributed by atoms with Gasteiger partial charge in [0.2, 0.25) is 0 Å². The molecule has 0 saturated heterocycles. The Bertz CT molecular complexity index is 3510. The van der Waals surface area contributed by atoms with Crippen molar-refractivity contribution in [3.8, 4) is 44.5 Å². The molecule has 53 heavy (non-hydrogen) atoms. The van der Waals surface area contributed by atoms with Crippen LogP contribution in [0.25, 0.3) is 110 Å². The molecule has 246 valence electrons. The molecule has 10 aromatic carbocycles. The van der Waals surface area contributed by atoms with E-state index in [-0.39, 0.29) is 58.2 Å². The SMILES string of the molecule is [2H]c1c(-c2c3ccccc3c(-c3ccccc3)c3ccccc23)c([2H])c2c([2H])c([2H])c(-c3ccc4c(c3)oc3cc(-c5cccc6ccccc56)ccc34)c([2H])c2c1[2H]. The third kappa shape index (κ3) is 4.79. The smallest absolute Gasteiger partial charge is 0.136 e. The van der Waals surface area contributed by atoms with E-state index in [4.69, 9.17) is 4.42 Å². The molecule has 1 aromatic heterocycles. The van der Waals surface area contributed by atoms with Crippen molar-refractivity contribution in [3.05, 3.63) is 194 Å². The van der Waals surface area contributed by atoms with E-state index in [9.17, 15) is 8.22 Å². The second-order valence-corrected chi connectivity index (χ2v) is 13.5. The van der Waals surface area contributed by atoms with Crippen molar-refractivity contribution in [2.75, 3.05) is 0 Å². The molecular formula is C52H32O. The van der Waals surface area contributed by atoms with Crippen LogP contribution in [-0.4, -0.2) is 0 Å². The Kier molecular flexibility index (Phi) is 5.40. The van der Waals surface area contributed by atoms with Gasteiger partial charge in [-0.25, -0.2) is 0 Å². The van der Waals surface area contributed by atoms with Crippen LogP contribution in [0.1, 0.15) is 8.22 Å². The van der Waals surface area contributed by atoms with Gasteiger partial charge in [0.1, 0.15) is 11.2 Å². The highest BCUT2D eigenvalue weighted by Gasteiger charge is 2.17. The number of hydrogen-bond acceptors (Lipinski definition) is 1. The Labute approximate surface area is 315 Å². The molecule has 11 rings (SSSR count). The molecule has 0 N–H and O–H groups in total. The minimum atomic E-state index is -0.260. The lowest BCUT2D eigenvalue weighted by atomic mass is 9.85. The quantitative estimate of drug-likeness (QED) is 0.169. The highest BCUT2D eigenvalue weighted by Crippen LogP contribution is 2.44. The van der Waals surface area contributed by atoms with Gasteiger partial charge in [-0.3, -0.25) is 0 Å². The minimum absolute atomic E-state index is 0.0127. The lowest BCUT2D eigenvalue weighted by molar-refractivity contribution is 0.669. The second-order valence-electron chi connectivity index (χ2n) is 13.5. The van der Waals surface area contributed by atoms with E-state index in [1.807, 2.05) is 97.1 Å². The zero-order chi connectivity index (χ0) is 40.1. The Morgan fingerprint density at radius 1 is 0.321 bits per heavy atom. The average molecular weight is 679 g/mol. The van der Waals surface area contributed by atoms with Crippen LogP contribution in [0.2, 0.25) is 0 Å². The number of hydrogen-bond donors (Lipinski definition) is 0. The molecule has 0 unspecified atom stereocenters. The maximum absolute atomic E-state index is 9.68. The summed E-state index contributed by atoms with van der Waals surface area (Å²) < 4.78 is 63.2. The molecule has 0 spiro atoms. The Morgan fingerprint density at radius 2 is 0.830 bits per heavy atom. The first kappa shape index (κ1) is 24.3. The molecule has 0 atom stereocenters. The van der Waals surface area contributed by atoms with Gasteiger partial charge in [-0.2, -0.15) is 0 Å². The predicted molar refractivity (Wildman–Crippen MR) is 225 cm³/mol. The van der Waals surface area contributed by atoms with Crippen molar-refractivity contribution in [1.29, 1.82) is 0 Å². The first-order valence-corrected chi connectivity index (χ1v) is 17.8. The summed E-state index contributed by atoms with van der Waals surface area (Å²) in [5.41, 5.74) is 6.95. The summed E-state index contributed by atoms with van der Waals surface area (Å²) in [6, 6.07) is 51.0. The van der Waals surface area contributed by atoms with Crippen molar-refractivity contribution in [2.24, 2.45) is 0 Å². The summed E-state index contributed by atoms with van der Waals surface area (Å²) in [6.45, 7) is 0. The van der Waals surface area contributed by atoms with Crippen molar-refractivity contribution in [3.63, 3.8) is 0 Å². The van der Waals surface area contributed by atoms with Crippen molar-refractivity contribution in [2.45, 2.75) is 0 Å². The van der Waals surface area contributed by atoms with Crippen LogP contribution in [0.15, 0.2) is 198 Å². The van der Waals surface area contributed by atoms with Crippen LogP contribution < -0.4 is 0 Å². The van der Waals surface area contributed by atoms with Gasteiger partial charge >= 0.3 is 0 Å². The molecule has 0 saturated carbocycles. The molecule has 0 aliphatic heterocycles. The minimum Gasteiger partial charge on any atom is -0.456 e. The maximum Gasteiger partial charge on any atom is 0.136 e. The summed E-state index contributed by atoms with van der Waals surface area (Å²) in [7, 11) is 0. The van der Waals surface area contributed by atoms with Crippen molar-refractivity contribution >= 4 is 65.0 Å². The zero-order valence-corrected chi connectivity index (χ0v) is 28.4. The Balaban J connectivity index is 1.10. The van der Waals surface area contributed by atoms with Crippen molar-refractivity contribution < 1.29 is 12.6 Å². The van der Waals surface area contributed by atoms with Crippen LogP contribution in [0, 0.1) is 0 Å². The van der Waals surface area contributed by atoms with Crippen LogP contribution in [0.3, 0.4) is 0 Å². The van der Waals surface area contributed by atoms with E-state index in [0.717, 1.165) is 65.3 Å². The molecule has 0 amide bonds. The standard InChI is InChI=1S/C52H32O/c1-2-12-34(13-3-1)51-45-16-6-8-18-47(45)52(48-19-9-7-17-46(48)51)40-24-23-35-29-36(21-22-37(35)30-40)38-25-27-43-44-28-26-39(32-50(44)53-49(43)31-38)42-20-10-14-33-11-4-5-15-41(33)42/h1-32H/i21D,22D,23D,24D,29D,30D. The largest absolute Gasteiger partial charge is 0.456 e. The number of rotatable bonds is 4. The van der Waals surface area contributed by atoms with Crippen LogP contribution in [0.5, 0.6) is 0 Å². The fourth-order valence-corrected chi connectivity index (χ4v) is 8.04. The van der Waals surface area contributed by atoms with Gasteiger partial charge in [0.25, 0.3) is 0 Å². The van der Waals surface area contributed by atoms with Gasteiger partial charge in [-0.05, 0) is 124 Å². The lowest BCUT2D eigenvalue weighted by Gasteiger charge is -2.18. The van der Waals surface area contributed by atoms with Gasteiger partial charge in [-0.15, -0.1) is 0 Å². The molecule has 0 aliphatic carbocycles. The monoisotopic (exact) mass is 678 g/mol. The fourth-order valence-electron chi connectivity index (χ4n) is 8.04. The first-order chi connectivity index (χ1) is 28.8. The number of fused-ring (bicyclic) bond motifs is 7. The Hall–Kier alpha value is -6.96. The lowest BCUT2D eigenvalue weighted by Crippen LogP contribution is -1.90. The average Bonchev–Trinajstić information content (AvgIpc) is 3.64. The normalized spacial score (nSPS) is 13.4. The topological polar surface area (TPSA) is 13.1 Å². The van der Waals surface area contributed by atoms with Gasteiger partial charge in [0, 0.05) is 10.8 Å². The highest BCUT2D eigenvalue weighted by atomic mass is 16.3. The van der Waals surface area contributed by atoms with Crippen LogP contribution in [0.4, 0.5) is 0 Å². The summed E-state index contributed by atoms with van der Waals surface area (Å²) >= 11 is 0. The molecular weight excluding hydrogens is 641 g/mol. The van der Waals surface area contributed by atoms with Gasteiger partial charge in [0.05, 0.1) is 8.22 Å². The second kappa shape index (κ2) is 11.8. The van der Waals surface area contributed by atoms with Gasteiger partial charge in [-0.1, -0.05) is 158 Å². The molecule has 1 heteroatoms. The first-order valence-electron chi connectivity index (χ1n) is 20.8. The van der Waals surface area contributed by atoms with E-state index in [2.05, 4.69) is 54.6 Å². The fraction of sp³-hybridized carbons (Fsp3) is 0. The van der Waals surface area contributed by atoms with E-state index >= 15 is 0 Å². The third-order valence-electron chi connectivity index (χ3n) is 10.5. The molecule has 0 bridgehead atoms. The van der Waals surface area contributed by atoms with E-state index in [0.29, 0.717) is 22.3 Å². The van der Waals surface area contributed by atoms with Crippen molar-refractivity contribution in [1.82, 2.24) is 0 Å². The molecule has 1 nitrogen and oxygen atoms in total. The van der Waals surface area contributed by atoms with E-state index < -0.39 is 0 Å². The van der Waals surface area contributed by atoms with Gasteiger partial charge < -0.3 is 4.42 Å². The highest BCUT2D eigenvalue weighted by molar-refractivity contribution is 6.21. The van der Waals surface area contributed by atoms with Crippen LogP contribution in [-0.2, 0) is 0 Å². The predicted octanol–water partition coefficient (Wildman–Crippen LogP) is 14.9. The Morgan fingerprint density at radius 3 is 1.51 bits per heavy atom. The molecule has 1 heterocycles. The third-order valence-corrected chi connectivity index (χ3v) is 10.5. The number of benzene rings is 10. The molecule has 11 aromatic rings. The maximum atomic E-state index is 9.68. The molecule has 0 fully saturated rings. The van der Waals surface area contributed by atoms with E-state index in [1.54, 1.807) is 6.07 Å². The summed E-state index contributed by atoms with van der Waals surface area (Å²) in [6.07, 6.45) is 0. The van der Waals surface area contributed by atoms with Gasteiger partial charge in [0.15, 0.2) is 0 Å².